The molecule has 0 unspecified atom stereocenters. The third kappa shape index (κ3) is 4.89. The van der Waals surface area contributed by atoms with Gasteiger partial charge in [-0.1, -0.05) is 30.3 Å². The molecular formula is C16H16N2O2S. The molecule has 0 saturated heterocycles. The Bertz CT molecular complexity index is 629. The molecule has 0 atom stereocenters. The Morgan fingerprint density at radius 3 is 2.57 bits per heavy atom. The van der Waals surface area contributed by atoms with Crippen LogP contribution in [-0.4, -0.2) is 22.7 Å². The highest BCUT2D eigenvalue weighted by atomic mass is 32.1. The van der Waals surface area contributed by atoms with E-state index in [2.05, 4.69) is 10.6 Å². The zero-order valence-corrected chi connectivity index (χ0v) is 12.2. The summed E-state index contributed by atoms with van der Waals surface area (Å²) < 4.78 is 0. The number of carbonyl (C=O) groups excluding carboxylic acids is 1. The summed E-state index contributed by atoms with van der Waals surface area (Å²) in [6.07, 6.45) is 0.704. The van der Waals surface area contributed by atoms with Crippen molar-refractivity contribution in [3.05, 3.63) is 65.7 Å². The molecule has 0 heterocycles. The minimum absolute atomic E-state index is 0.231. The predicted octanol–water partition coefficient (Wildman–Crippen LogP) is 2.24. The normalized spacial score (nSPS) is 9.90. The van der Waals surface area contributed by atoms with Gasteiger partial charge in [0.1, 0.15) is 5.75 Å². The molecule has 0 spiro atoms. The third-order valence-electron chi connectivity index (χ3n) is 2.87. The van der Waals surface area contributed by atoms with Crippen molar-refractivity contribution in [1.82, 2.24) is 10.6 Å². The zero-order valence-electron chi connectivity index (χ0n) is 11.4. The Labute approximate surface area is 128 Å². The van der Waals surface area contributed by atoms with Crippen LogP contribution in [0.15, 0.2) is 54.6 Å². The molecule has 0 bridgehead atoms. The summed E-state index contributed by atoms with van der Waals surface area (Å²) in [5.41, 5.74) is 1.56. The van der Waals surface area contributed by atoms with E-state index in [1.54, 1.807) is 42.5 Å². The summed E-state index contributed by atoms with van der Waals surface area (Å²) in [6, 6.07) is 15.9. The number of amides is 1. The molecule has 1 amide bonds. The lowest BCUT2D eigenvalue weighted by Gasteiger charge is -2.09. The van der Waals surface area contributed by atoms with Crippen molar-refractivity contribution in [2.75, 3.05) is 6.54 Å². The first-order valence-electron chi connectivity index (χ1n) is 6.57. The Morgan fingerprint density at radius 1 is 1.10 bits per heavy atom. The van der Waals surface area contributed by atoms with E-state index >= 15 is 0 Å². The summed E-state index contributed by atoms with van der Waals surface area (Å²) >= 11 is 5.08. The minimum atomic E-state index is -0.231. The molecule has 0 aliphatic rings. The molecule has 21 heavy (non-hydrogen) atoms. The van der Waals surface area contributed by atoms with Gasteiger partial charge in [0, 0.05) is 12.1 Å². The number of phenolic OH excluding ortho intramolecular Hbond substituents is 1. The molecule has 2 aromatic rings. The van der Waals surface area contributed by atoms with E-state index in [-0.39, 0.29) is 11.7 Å². The maximum Gasteiger partial charge on any atom is 0.257 e. The van der Waals surface area contributed by atoms with E-state index in [0.29, 0.717) is 23.6 Å². The van der Waals surface area contributed by atoms with Gasteiger partial charge in [0.15, 0.2) is 5.11 Å². The lowest BCUT2D eigenvalue weighted by atomic mass is 10.1. The van der Waals surface area contributed by atoms with Gasteiger partial charge >= 0.3 is 0 Å². The largest absolute Gasteiger partial charge is 0.508 e. The molecule has 2 rings (SSSR count). The summed E-state index contributed by atoms with van der Waals surface area (Å²) in [5, 5.41) is 15.3. The zero-order chi connectivity index (χ0) is 15.1. The van der Waals surface area contributed by atoms with Gasteiger partial charge in [-0.15, -0.1) is 0 Å². The lowest BCUT2D eigenvalue weighted by Crippen LogP contribution is -2.40. The standard InChI is InChI=1S/C16H16N2O2S/c19-14-8-4-5-12(11-14)9-10-17-16(21)18-15(20)13-6-2-1-3-7-13/h1-8,11,19H,9-10H2,(H2,17,18,20,21). The average molecular weight is 300 g/mol. The number of carbonyl (C=O) groups is 1. The van der Waals surface area contributed by atoms with Gasteiger partial charge in [-0.3, -0.25) is 10.1 Å². The molecule has 4 nitrogen and oxygen atoms in total. The highest BCUT2D eigenvalue weighted by molar-refractivity contribution is 7.80. The van der Waals surface area contributed by atoms with Gasteiger partial charge in [0.05, 0.1) is 0 Å². The number of thiocarbonyl (C=S) groups is 1. The van der Waals surface area contributed by atoms with Gasteiger partial charge in [-0.2, -0.15) is 0 Å². The fourth-order valence-corrected chi connectivity index (χ4v) is 2.04. The van der Waals surface area contributed by atoms with Crippen LogP contribution < -0.4 is 10.6 Å². The number of phenols is 1. The maximum absolute atomic E-state index is 11.9. The van der Waals surface area contributed by atoms with Crippen molar-refractivity contribution < 1.29 is 9.90 Å². The van der Waals surface area contributed by atoms with Crippen LogP contribution in [0.1, 0.15) is 15.9 Å². The molecule has 2 aromatic carbocycles. The molecule has 5 heteroatoms. The molecular weight excluding hydrogens is 284 g/mol. The van der Waals surface area contributed by atoms with Crippen molar-refractivity contribution in [3.8, 4) is 5.75 Å². The quantitative estimate of drug-likeness (QED) is 0.758. The molecule has 0 aliphatic heterocycles. The minimum Gasteiger partial charge on any atom is -0.508 e. The molecule has 0 fully saturated rings. The van der Waals surface area contributed by atoms with Gasteiger partial charge < -0.3 is 10.4 Å². The van der Waals surface area contributed by atoms with E-state index in [4.69, 9.17) is 12.2 Å². The van der Waals surface area contributed by atoms with Crippen LogP contribution in [0.25, 0.3) is 0 Å². The number of hydrogen-bond acceptors (Lipinski definition) is 3. The Kier molecular flexibility index (Phi) is 5.29. The van der Waals surface area contributed by atoms with Crippen molar-refractivity contribution in [2.24, 2.45) is 0 Å². The van der Waals surface area contributed by atoms with Gasteiger partial charge in [-0.05, 0) is 48.5 Å². The first kappa shape index (κ1) is 15.0. The predicted molar refractivity (Wildman–Crippen MR) is 86.3 cm³/mol. The van der Waals surface area contributed by atoms with Crippen LogP contribution in [0.3, 0.4) is 0 Å². The molecule has 108 valence electrons. The van der Waals surface area contributed by atoms with E-state index in [1.807, 2.05) is 12.1 Å². The highest BCUT2D eigenvalue weighted by Crippen LogP contribution is 2.10. The SMILES string of the molecule is O=C(NC(=S)NCCc1cccc(O)c1)c1ccccc1. The van der Waals surface area contributed by atoms with Gasteiger partial charge in [0.2, 0.25) is 0 Å². The Hall–Kier alpha value is -2.40. The fraction of sp³-hybridized carbons (Fsp3) is 0.125. The Balaban J connectivity index is 1.76. The number of nitrogens with one attached hydrogen (secondary N) is 2. The number of benzene rings is 2. The van der Waals surface area contributed by atoms with E-state index in [0.717, 1.165) is 5.56 Å². The summed E-state index contributed by atoms with van der Waals surface area (Å²) in [5.74, 6) is 0.0120. The van der Waals surface area contributed by atoms with Gasteiger partial charge in [0.25, 0.3) is 5.91 Å². The smallest absolute Gasteiger partial charge is 0.257 e. The van der Waals surface area contributed by atoms with Crippen molar-refractivity contribution >= 4 is 23.2 Å². The first-order valence-corrected chi connectivity index (χ1v) is 6.98. The molecule has 0 saturated carbocycles. The van der Waals surface area contributed by atoms with Crippen LogP contribution in [0.4, 0.5) is 0 Å². The summed E-state index contributed by atoms with van der Waals surface area (Å²) in [6.45, 7) is 0.581. The number of rotatable bonds is 4. The van der Waals surface area contributed by atoms with Crippen molar-refractivity contribution in [3.63, 3.8) is 0 Å². The monoisotopic (exact) mass is 300 g/mol. The van der Waals surface area contributed by atoms with E-state index in [1.165, 1.54) is 0 Å². The van der Waals surface area contributed by atoms with Crippen molar-refractivity contribution in [2.45, 2.75) is 6.42 Å². The molecule has 0 aliphatic carbocycles. The lowest BCUT2D eigenvalue weighted by molar-refractivity contribution is 0.0976. The average Bonchev–Trinajstić information content (AvgIpc) is 2.48. The molecule has 0 radical (unpaired) electrons. The van der Waals surface area contributed by atoms with Crippen LogP contribution in [0.5, 0.6) is 5.75 Å². The molecule has 3 N–H and O–H groups in total. The number of aromatic hydroxyl groups is 1. The maximum atomic E-state index is 11.9. The third-order valence-corrected chi connectivity index (χ3v) is 3.12. The number of hydrogen-bond donors (Lipinski definition) is 3. The summed E-state index contributed by atoms with van der Waals surface area (Å²) in [4.78, 5) is 11.9. The first-order chi connectivity index (χ1) is 10.1. The summed E-state index contributed by atoms with van der Waals surface area (Å²) in [7, 11) is 0. The molecule has 0 aromatic heterocycles. The Morgan fingerprint density at radius 2 is 1.86 bits per heavy atom. The van der Waals surface area contributed by atoms with Crippen LogP contribution >= 0.6 is 12.2 Å². The van der Waals surface area contributed by atoms with E-state index in [9.17, 15) is 9.90 Å². The highest BCUT2D eigenvalue weighted by Gasteiger charge is 2.06. The van der Waals surface area contributed by atoms with Crippen LogP contribution in [-0.2, 0) is 6.42 Å². The van der Waals surface area contributed by atoms with E-state index < -0.39 is 0 Å². The van der Waals surface area contributed by atoms with Crippen molar-refractivity contribution in [1.29, 1.82) is 0 Å². The van der Waals surface area contributed by atoms with Crippen LogP contribution in [0.2, 0.25) is 0 Å². The second kappa shape index (κ2) is 7.40. The van der Waals surface area contributed by atoms with Gasteiger partial charge in [-0.25, -0.2) is 0 Å². The fourth-order valence-electron chi connectivity index (χ4n) is 1.84. The van der Waals surface area contributed by atoms with Crippen LogP contribution in [0, 0.1) is 0 Å². The topological polar surface area (TPSA) is 61.4 Å². The second-order valence-electron chi connectivity index (χ2n) is 4.50. The second-order valence-corrected chi connectivity index (χ2v) is 4.90.